The van der Waals surface area contributed by atoms with E-state index in [4.69, 9.17) is 9.84 Å². The zero-order valence-electron chi connectivity index (χ0n) is 15.9. The average molecular weight is 386 g/mol. The molecule has 1 aliphatic heterocycles. The molecular formula is C22H27NO3S. The van der Waals surface area contributed by atoms with E-state index in [0.29, 0.717) is 30.9 Å². The minimum absolute atomic E-state index is 0.422. The lowest BCUT2D eigenvalue weighted by atomic mass is 9.98. The van der Waals surface area contributed by atoms with E-state index in [1.807, 2.05) is 23.9 Å². The van der Waals surface area contributed by atoms with Crippen molar-refractivity contribution in [2.45, 2.75) is 36.8 Å². The first-order valence-corrected chi connectivity index (χ1v) is 10.4. The molecule has 1 heterocycles. The zero-order valence-corrected chi connectivity index (χ0v) is 16.7. The monoisotopic (exact) mass is 385 g/mol. The Hall–Kier alpha value is -2.14. The molecule has 0 aliphatic carbocycles. The Labute approximate surface area is 165 Å². The summed E-state index contributed by atoms with van der Waals surface area (Å²) in [7, 11) is 0. The predicted octanol–water partition coefficient (Wildman–Crippen LogP) is 5.62. The molecule has 1 fully saturated rings. The van der Waals surface area contributed by atoms with Crippen LogP contribution in [0.3, 0.4) is 0 Å². The fourth-order valence-electron chi connectivity index (χ4n) is 3.25. The highest BCUT2D eigenvalue weighted by Gasteiger charge is 2.22. The molecule has 0 aromatic heterocycles. The number of hydrogen-bond donors (Lipinski definition) is 1. The second kappa shape index (κ2) is 9.18. The SMILES string of the molecule is CC(C)Sc1ccc(-c2ccc(OCC3CCN(C(=O)O)CC3)cc2)cc1. The number of rotatable bonds is 6. The van der Waals surface area contributed by atoms with Crippen LogP contribution in [0.5, 0.6) is 5.75 Å². The number of carboxylic acid groups (broad SMARTS) is 1. The van der Waals surface area contributed by atoms with Gasteiger partial charge in [0.1, 0.15) is 5.75 Å². The van der Waals surface area contributed by atoms with Gasteiger partial charge in [-0.2, -0.15) is 0 Å². The maximum Gasteiger partial charge on any atom is 0.407 e. The summed E-state index contributed by atoms with van der Waals surface area (Å²) in [5.74, 6) is 1.29. The van der Waals surface area contributed by atoms with Crippen molar-refractivity contribution >= 4 is 17.9 Å². The molecule has 1 saturated heterocycles. The molecule has 27 heavy (non-hydrogen) atoms. The molecule has 2 aromatic carbocycles. The smallest absolute Gasteiger partial charge is 0.407 e. The van der Waals surface area contributed by atoms with Crippen LogP contribution >= 0.6 is 11.8 Å². The van der Waals surface area contributed by atoms with Gasteiger partial charge in [0.05, 0.1) is 6.61 Å². The largest absolute Gasteiger partial charge is 0.493 e. The number of carbonyl (C=O) groups is 1. The summed E-state index contributed by atoms with van der Waals surface area (Å²) in [5.41, 5.74) is 2.38. The molecule has 5 heteroatoms. The Kier molecular flexibility index (Phi) is 6.67. The Morgan fingerprint density at radius 2 is 1.63 bits per heavy atom. The van der Waals surface area contributed by atoms with Crippen molar-refractivity contribution in [3.63, 3.8) is 0 Å². The van der Waals surface area contributed by atoms with Crippen LogP contribution in [0.25, 0.3) is 11.1 Å². The van der Waals surface area contributed by atoms with Gasteiger partial charge in [-0.05, 0) is 54.2 Å². The molecule has 1 amide bonds. The van der Waals surface area contributed by atoms with Gasteiger partial charge >= 0.3 is 6.09 Å². The number of hydrogen-bond acceptors (Lipinski definition) is 3. The van der Waals surface area contributed by atoms with Gasteiger partial charge < -0.3 is 14.7 Å². The highest BCUT2D eigenvalue weighted by atomic mass is 32.2. The van der Waals surface area contributed by atoms with Crippen LogP contribution in [0, 0.1) is 5.92 Å². The number of ether oxygens (including phenoxy) is 1. The first-order chi connectivity index (χ1) is 13.0. The molecule has 1 N–H and O–H groups in total. The fraction of sp³-hybridized carbons (Fsp3) is 0.409. The van der Waals surface area contributed by atoms with Crippen LogP contribution < -0.4 is 4.74 Å². The lowest BCUT2D eigenvalue weighted by Gasteiger charge is -2.29. The molecule has 144 valence electrons. The van der Waals surface area contributed by atoms with Crippen molar-refractivity contribution in [2.75, 3.05) is 19.7 Å². The van der Waals surface area contributed by atoms with Gasteiger partial charge in [-0.1, -0.05) is 38.1 Å². The van der Waals surface area contributed by atoms with Crippen LogP contribution in [-0.4, -0.2) is 41.0 Å². The number of amides is 1. The molecule has 0 spiro atoms. The Balaban J connectivity index is 1.51. The van der Waals surface area contributed by atoms with Crippen molar-refractivity contribution in [1.29, 1.82) is 0 Å². The van der Waals surface area contributed by atoms with Crippen molar-refractivity contribution in [2.24, 2.45) is 5.92 Å². The Morgan fingerprint density at radius 3 is 2.15 bits per heavy atom. The van der Waals surface area contributed by atoms with E-state index in [0.717, 1.165) is 18.6 Å². The highest BCUT2D eigenvalue weighted by molar-refractivity contribution is 7.99. The average Bonchev–Trinajstić information content (AvgIpc) is 2.67. The summed E-state index contributed by atoms with van der Waals surface area (Å²) in [6, 6.07) is 16.9. The predicted molar refractivity (Wildman–Crippen MR) is 111 cm³/mol. The van der Waals surface area contributed by atoms with Gasteiger partial charge in [-0.3, -0.25) is 0 Å². The van der Waals surface area contributed by atoms with Crippen LogP contribution in [0.15, 0.2) is 53.4 Å². The van der Waals surface area contributed by atoms with Gasteiger partial charge in [-0.25, -0.2) is 4.79 Å². The van der Waals surface area contributed by atoms with E-state index in [9.17, 15) is 4.79 Å². The molecule has 0 radical (unpaired) electrons. The number of likely N-dealkylation sites (tertiary alicyclic amines) is 1. The Morgan fingerprint density at radius 1 is 1.07 bits per heavy atom. The number of nitrogens with zero attached hydrogens (tertiary/aromatic N) is 1. The normalized spacial score (nSPS) is 15.1. The van der Waals surface area contributed by atoms with Crippen molar-refractivity contribution in [3.8, 4) is 16.9 Å². The summed E-state index contributed by atoms with van der Waals surface area (Å²) < 4.78 is 5.93. The number of benzene rings is 2. The number of thioether (sulfide) groups is 1. The molecule has 2 aromatic rings. The molecule has 3 rings (SSSR count). The molecule has 0 unspecified atom stereocenters. The summed E-state index contributed by atoms with van der Waals surface area (Å²) in [6.45, 7) is 6.26. The molecule has 0 bridgehead atoms. The first-order valence-electron chi connectivity index (χ1n) is 9.49. The summed E-state index contributed by atoms with van der Waals surface area (Å²) in [6.07, 6.45) is 0.914. The summed E-state index contributed by atoms with van der Waals surface area (Å²) in [5, 5.41) is 9.59. The lowest BCUT2D eigenvalue weighted by molar-refractivity contribution is 0.111. The standard InChI is InChI=1S/C22H27NO3S/c1-16(2)27-21-9-5-19(6-10-21)18-3-7-20(8-4-18)26-15-17-11-13-23(14-12-17)22(24)25/h3-10,16-17H,11-15H2,1-2H3,(H,24,25). The quantitative estimate of drug-likeness (QED) is 0.655. The first kappa shape index (κ1) is 19.6. The topological polar surface area (TPSA) is 49.8 Å². The third-order valence-electron chi connectivity index (χ3n) is 4.78. The van der Waals surface area contributed by atoms with Crippen molar-refractivity contribution in [1.82, 2.24) is 4.90 Å². The van der Waals surface area contributed by atoms with Gasteiger partial charge in [-0.15, -0.1) is 11.8 Å². The van der Waals surface area contributed by atoms with E-state index < -0.39 is 6.09 Å². The maximum atomic E-state index is 10.9. The third kappa shape index (κ3) is 5.67. The third-order valence-corrected chi connectivity index (χ3v) is 5.80. The van der Waals surface area contributed by atoms with Gasteiger partial charge in [0.15, 0.2) is 0 Å². The molecule has 1 aliphatic rings. The zero-order chi connectivity index (χ0) is 19.2. The molecule has 0 saturated carbocycles. The van der Waals surface area contributed by atoms with Crippen LogP contribution in [0.2, 0.25) is 0 Å². The number of piperidine rings is 1. The van der Waals surface area contributed by atoms with Crippen molar-refractivity contribution in [3.05, 3.63) is 48.5 Å². The molecular weight excluding hydrogens is 358 g/mol. The van der Waals surface area contributed by atoms with Crippen molar-refractivity contribution < 1.29 is 14.6 Å². The van der Waals surface area contributed by atoms with Gasteiger partial charge in [0, 0.05) is 23.2 Å². The highest BCUT2D eigenvalue weighted by Crippen LogP contribution is 2.28. The summed E-state index contributed by atoms with van der Waals surface area (Å²) in [4.78, 5) is 13.7. The van der Waals surface area contributed by atoms with E-state index in [-0.39, 0.29) is 0 Å². The molecule has 4 nitrogen and oxygen atoms in total. The second-order valence-electron chi connectivity index (χ2n) is 7.24. The minimum Gasteiger partial charge on any atom is -0.493 e. The van der Waals surface area contributed by atoms with E-state index in [2.05, 4.69) is 50.2 Å². The fourth-order valence-corrected chi connectivity index (χ4v) is 4.08. The van der Waals surface area contributed by atoms with Gasteiger partial charge in [0.25, 0.3) is 0 Å². The van der Waals surface area contributed by atoms with Crippen LogP contribution in [-0.2, 0) is 0 Å². The minimum atomic E-state index is -0.819. The van der Waals surface area contributed by atoms with Crippen LogP contribution in [0.4, 0.5) is 4.79 Å². The van der Waals surface area contributed by atoms with E-state index in [1.165, 1.54) is 20.9 Å². The van der Waals surface area contributed by atoms with E-state index >= 15 is 0 Å². The van der Waals surface area contributed by atoms with Gasteiger partial charge in [0.2, 0.25) is 0 Å². The lowest BCUT2D eigenvalue weighted by Crippen LogP contribution is -2.38. The van der Waals surface area contributed by atoms with Crippen LogP contribution in [0.1, 0.15) is 26.7 Å². The maximum absolute atomic E-state index is 10.9. The summed E-state index contributed by atoms with van der Waals surface area (Å²) >= 11 is 1.87. The Bertz CT molecular complexity index is 735. The molecule has 0 atom stereocenters. The second-order valence-corrected chi connectivity index (χ2v) is 8.89. The van der Waals surface area contributed by atoms with E-state index in [1.54, 1.807) is 0 Å².